The highest BCUT2D eigenvalue weighted by Gasteiger charge is 2.37. The minimum atomic E-state index is -0.701. The van der Waals surface area contributed by atoms with Gasteiger partial charge in [-0.25, -0.2) is 9.79 Å². The van der Waals surface area contributed by atoms with Gasteiger partial charge in [0.25, 0.3) is 5.91 Å². The second-order valence-corrected chi connectivity index (χ2v) is 5.69. The number of amidine groups is 1. The molecule has 0 unspecified atom stereocenters. The third-order valence-corrected chi connectivity index (χ3v) is 4.01. The summed E-state index contributed by atoms with van der Waals surface area (Å²) in [6.45, 7) is 3.63. The van der Waals surface area contributed by atoms with Crippen LogP contribution >= 0.6 is 11.8 Å². The van der Waals surface area contributed by atoms with E-state index < -0.39 is 12.0 Å². The van der Waals surface area contributed by atoms with E-state index in [1.54, 1.807) is 13.0 Å². The van der Waals surface area contributed by atoms with Crippen molar-refractivity contribution in [3.8, 4) is 0 Å². The molecule has 1 heterocycles. The van der Waals surface area contributed by atoms with Gasteiger partial charge in [0.05, 0.1) is 7.11 Å². The zero-order valence-electron chi connectivity index (χ0n) is 13.0. The number of hydrogen-bond donors (Lipinski definition) is 0. The molecular weight excluding hydrogens is 300 g/mol. The van der Waals surface area contributed by atoms with E-state index in [0.29, 0.717) is 10.9 Å². The van der Waals surface area contributed by atoms with Gasteiger partial charge >= 0.3 is 5.97 Å². The van der Waals surface area contributed by atoms with Crippen molar-refractivity contribution in [1.29, 1.82) is 0 Å². The normalized spacial score (nSPS) is 17.6. The molecule has 1 aliphatic rings. The van der Waals surface area contributed by atoms with Crippen molar-refractivity contribution in [1.82, 2.24) is 4.90 Å². The quantitative estimate of drug-likeness (QED) is 0.634. The van der Waals surface area contributed by atoms with Crippen LogP contribution in [0.15, 0.2) is 35.0 Å². The Bertz CT molecular complexity index is 650. The number of esters is 1. The lowest BCUT2D eigenvalue weighted by Crippen LogP contribution is -2.43. The fourth-order valence-corrected chi connectivity index (χ4v) is 2.72. The first-order valence-electron chi connectivity index (χ1n) is 6.80. The van der Waals surface area contributed by atoms with Crippen molar-refractivity contribution in [2.24, 2.45) is 4.99 Å². The van der Waals surface area contributed by atoms with Crippen molar-refractivity contribution in [2.45, 2.75) is 19.9 Å². The number of nitrogens with zero attached hydrogens (tertiary/aromatic N) is 2. The zero-order chi connectivity index (χ0) is 16.3. The van der Waals surface area contributed by atoms with Gasteiger partial charge in [0, 0.05) is 0 Å². The first-order valence-corrected chi connectivity index (χ1v) is 8.03. The summed E-state index contributed by atoms with van der Waals surface area (Å²) in [6.07, 6.45) is 3.54. The number of ether oxygens (including phenoxy) is 1. The van der Waals surface area contributed by atoms with Gasteiger partial charge in [-0.3, -0.25) is 9.69 Å². The average molecular weight is 318 g/mol. The number of aliphatic imine (C=N–C) groups is 1. The van der Waals surface area contributed by atoms with E-state index in [-0.39, 0.29) is 5.91 Å². The summed E-state index contributed by atoms with van der Waals surface area (Å²) < 4.78 is 4.72. The summed E-state index contributed by atoms with van der Waals surface area (Å²) in [4.78, 5) is 29.9. The van der Waals surface area contributed by atoms with Gasteiger partial charge in [0.1, 0.15) is 11.7 Å². The predicted octanol–water partition coefficient (Wildman–Crippen LogP) is 2.46. The molecular formula is C16H18N2O3S. The van der Waals surface area contributed by atoms with Crippen LogP contribution in [0.25, 0.3) is 6.08 Å². The van der Waals surface area contributed by atoms with Crippen LogP contribution in [0.5, 0.6) is 0 Å². The average Bonchev–Trinajstić information content (AvgIpc) is 2.84. The van der Waals surface area contributed by atoms with Gasteiger partial charge in [-0.2, -0.15) is 0 Å². The second-order valence-electron chi connectivity index (χ2n) is 4.91. The molecule has 1 amide bonds. The van der Waals surface area contributed by atoms with Gasteiger partial charge in [0.15, 0.2) is 5.17 Å². The summed E-state index contributed by atoms with van der Waals surface area (Å²) in [7, 11) is 1.30. The van der Waals surface area contributed by atoms with Crippen molar-refractivity contribution in [3.63, 3.8) is 0 Å². The lowest BCUT2D eigenvalue weighted by Gasteiger charge is -2.22. The molecule has 0 spiro atoms. The standard InChI is InChI=1S/C16H18N2O3S/c1-10-5-7-12(8-6-10)9-13-14(19)18(16(17-13)22-4)11(2)15(20)21-3/h5-9,11H,1-4H3/b13-9-/t11-/m0/s1. The molecule has 0 bridgehead atoms. The Hall–Kier alpha value is -2.08. The van der Waals surface area contributed by atoms with Gasteiger partial charge in [-0.1, -0.05) is 41.6 Å². The largest absolute Gasteiger partial charge is 0.467 e. The molecule has 2 rings (SSSR count). The monoisotopic (exact) mass is 318 g/mol. The van der Waals surface area contributed by atoms with Crippen molar-refractivity contribution < 1.29 is 14.3 Å². The van der Waals surface area contributed by atoms with Gasteiger partial charge in [0.2, 0.25) is 0 Å². The molecule has 1 aromatic rings. The lowest BCUT2D eigenvalue weighted by atomic mass is 10.1. The maximum Gasteiger partial charge on any atom is 0.328 e. The van der Waals surface area contributed by atoms with E-state index in [4.69, 9.17) is 4.74 Å². The number of carbonyl (C=O) groups excluding carboxylic acids is 2. The van der Waals surface area contributed by atoms with Crippen LogP contribution in [0.4, 0.5) is 0 Å². The minimum Gasteiger partial charge on any atom is -0.467 e. The van der Waals surface area contributed by atoms with Crippen LogP contribution in [0.2, 0.25) is 0 Å². The highest BCUT2D eigenvalue weighted by Crippen LogP contribution is 2.25. The Kier molecular flexibility index (Phi) is 5.03. The third-order valence-electron chi connectivity index (χ3n) is 3.35. The van der Waals surface area contributed by atoms with E-state index in [9.17, 15) is 9.59 Å². The van der Waals surface area contributed by atoms with Crippen LogP contribution in [-0.2, 0) is 14.3 Å². The Balaban J connectivity index is 2.32. The minimum absolute atomic E-state index is 0.289. The van der Waals surface area contributed by atoms with Crippen LogP contribution in [0.1, 0.15) is 18.1 Å². The molecule has 1 aliphatic heterocycles. The highest BCUT2D eigenvalue weighted by atomic mass is 32.2. The molecule has 1 atom stereocenters. The van der Waals surface area contributed by atoms with Crippen LogP contribution in [0, 0.1) is 6.92 Å². The molecule has 1 aromatic carbocycles. The topological polar surface area (TPSA) is 59.0 Å². The Morgan fingerprint density at radius 3 is 2.55 bits per heavy atom. The van der Waals surface area contributed by atoms with Crippen LogP contribution in [0.3, 0.4) is 0 Å². The van der Waals surface area contributed by atoms with Crippen molar-refractivity contribution in [3.05, 3.63) is 41.1 Å². The summed E-state index contributed by atoms with van der Waals surface area (Å²) in [5.74, 6) is -0.755. The Morgan fingerprint density at radius 2 is 2.00 bits per heavy atom. The van der Waals surface area contributed by atoms with E-state index in [0.717, 1.165) is 11.1 Å². The SMILES string of the molecule is COC(=O)[C@H](C)N1C(=O)/C(=C/c2ccc(C)cc2)N=C1SC. The number of amides is 1. The molecule has 0 N–H and O–H groups in total. The number of carbonyl (C=O) groups is 2. The highest BCUT2D eigenvalue weighted by molar-refractivity contribution is 8.13. The molecule has 0 saturated heterocycles. The number of benzene rings is 1. The van der Waals surface area contributed by atoms with E-state index >= 15 is 0 Å². The predicted molar refractivity (Wildman–Crippen MR) is 88.4 cm³/mol. The molecule has 116 valence electrons. The van der Waals surface area contributed by atoms with Gasteiger partial charge < -0.3 is 4.74 Å². The number of methoxy groups -OCH3 is 1. The van der Waals surface area contributed by atoms with Gasteiger partial charge in [-0.05, 0) is 31.7 Å². The summed E-state index contributed by atoms with van der Waals surface area (Å²) in [5, 5.41) is 0.501. The molecule has 0 fully saturated rings. The molecule has 0 radical (unpaired) electrons. The number of hydrogen-bond acceptors (Lipinski definition) is 5. The molecule has 5 nitrogen and oxygen atoms in total. The van der Waals surface area contributed by atoms with Gasteiger partial charge in [-0.15, -0.1) is 0 Å². The molecule has 0 saturated carbocycles. The second kappa shape index (κ2) is 6.79. The zero-order valence-corrected chi connectivity index (χ0v) is 13.8. The first kappa shape index (κ1) is 16.3. The summed E-state index contributed by atoms with van der Waals surface area (Å²) in [5.41, 5.74) is 2.36. The summed E-state index contributed by atoms with van der Waals surface area (Å²) in [6, 6.07) is 7.10. The molecule has 0 aliphatic carbocycles. The van der Waals surface area contributed by atoms with E-state index in [1.807, 2.05) is 37.4 Å². The fourth-order valence-electron chi connectivity index (χ4n) is 2.09. The van der Waals surface area contributed by atoms with E-state index in [1.165, 1.54) is 23.8 Å². The van der Waals surface area contributed by atoms with Crippen LogP contribution < -0.4 is 0 Å². The first-order chi connectivity index (χ1) is 10.5. The fraction of sp³-hybridized carbons (Fsp3) is 0.312. The smallest absolute Gasteiger partial charge is 0.328 e. The molecule has 22 heavy (non-hydrogen) atoms. The third kappa shape index (κ3) is 3.22. The number of rotatable bonds is 3. The van der Waals surface area contributed by atoms with E-state index in [2.05, 4.69) is 4.99 Å². The Labute approximate surface area is 134 Å². The van der Waals surface area contributed by atoms with Crippen molar-refractivity contribution >= 4 is 34.9 Å². The maximum atomic E-state index is 12.5. The summed E-state index contributed by atoms with van der Waals surface area (Å²) >= 11 is 1.32. The molecule has 6 heteroatoms. The van der Waals surface area contributed by atoms with Crippen LogP contribution in [-0.4, -0.2) is 41.4 Å². The lowest BCUT2D eigenvalue weighted by molar-refractivity contribution is -0.147. The number of aryl methyl sites for hydroxylation is 1. The van der Waals surface area contributed by atoms with Crippen molar-refractivity contribution in [2.75, 3.05) is 13.4 Å². The molecule has 0 aromatic heterocycles. The maximum absolute atomic E-state index is 12.5. The Morgan fingerprint density at radius 1 is 1.36 bits per heavy atom. The number of thioether (sulfide) groups is 1.